The van der Waals surface area contributed by atoms with Crippen molar-refractivity contribution >= 4 is 35.3 Å². The zero-order valence-electron chi connectivity index (χ0n) is 12.3. The number of aromatic amines is 1. The van der Waals surface area contributed by atoms with Crippen LogP contribution in [0, 0.1) is 0 Å². The summed E-state index contributed by atoms with van der Waals surface area (Å²) >= 11 is 11.8. The van der Waals surface area contributed by atoms with Gasteiger partial charge >= 0.3 is 0 Å². The van der Waals surface area contributed by atoms with Gasteiger partial charge in [0.1, 0.15) is 5.69 Å². The van der Waals surface area contributed by atoms with Crippen molar-refractivity contribution in [2.24, 2.45) is 5.10 Å². The molecule has 7 heteroatoms. The number of hydrazone groups is 1. The van der Waals surface area contributed by atoms with Crippen molar-refractivity contribution in [1.29, 1.82) is 0 Å². The SMILES string of the molecule is O=C(N/N=C/c1ccc(Cl)c(Cl)c1)c1cc(-c2ccccc2)n[nH]1. The van der Waals surface area contributed by atoms with E-state index in [1.807, 2.05) is 30.3 Å². The summed E-state index contributed by atoms with van der Waals surface area (Å²) in [5.41, 5.74) is 5.08. The van der Waals surface area contributed by atoms with Gasteiger partial charge in [-0.25, -0.2) is 5.43 Å². The fourth-order valence-corrected chi connectivity index (χ4v) is 2.32. The molecule has 0 saturated carbocycles. The van der Waals surface area contributed by atoms with Crippen LogP contribution in [0.25, 0.3) is 11.3 Å². The van der Waals surface area contributed by atoms with Crippen LogP contribution in [-0.2, 0) is 0 Å². The topological polar surface area (TPSA) is 70.1 Å². The molecule has 0 aliphatic rings. The Morgan fingerprint density at radius 2 is 1.88 bits per heavy atom. The lowest BCUT2D eigenvalue weighted by Crippen LogP contribution is -2.17. The first kappa shape index (κ1) is 16.2. The third-order valence-corrected chi connectivity index (χ3v) is 3.95. The average Bonchev–Trinajstić information content (AvgIpc) is 3.09. The van der Waals surface area contributed by atoms with Crippen LogP contribution in [0.1, 0.15) is 16.1 Å². The van der Waals surface area contributed by atoms with Gasteiger partial charge in [0.15, 0.2) is 0 Å². The summed E-state index contributed by atoms with van der Waals surface area (Å²) in [4.78, 5) is 12.1. The molecule has 0 spiro atoms. The second kappa shape index (κ2) is 7.29. The summed E-state index contributed by atoms with van der Waals surface area (Å²) < 4.78 is 0. The van der Waals surface area contributed by atoms with Crippen LogP contribution in [0.4, 0.5) is 0 Å². The second-order valence-electron chi connectivity index (χ2n) is 4.91. The number of amides is 1. The molecular formula is C17H12Cl2N4O. The fraction of sp³-hybridized carbons (Fsp3) is 0. The Hall–Kier alpha value is -2.63. The minimum Gasteiger partial charge on any atom is -0.272 e. The molecule has 3 rings (SSSR count). The first-order chi connectivity index (χ1) is 11.6. The summed E-state index contributed by atoms with van der Waals surface area (Å²) in [6.07, 6.45) is 1.48. The number of nitrogens with one attached hydrogen (secondary N) is 2. The first-order valence-corrected chi connectivity index (χ1v) is 7.78. The van der Waals surface area contributed by atoms with Gasteiger partial charge in [-0.2, -0.15) is 10.2 Å². The van der Waals surface area contributed by atoms with Gasteiger partial charge in [-0.3, -0.25) is 9.89 Å². The predicted molar refractivity (Wildman–Crippen MR) is 95.5 cm³/mol. The molecule has 0 radical (unpaired) electrons. The van der Waals surface area contributed by atoms with Crippen molar-refractivity contribution in [2.75, 3.05) is 0 Å². The minimum absolute atomic E-state index is 0.320. The zero-order valence-corrected chi connectivity index (χ0v) is 13.8. The maximum atomic E-state index is 12.1. The Balaban J connectivity index is 1.66. The first-order valence-electron chi connectivity index (χ1n) is 7.03. The number of H-pyrrole nitrogens is 1. The van der Waals surface area contributed by atoms with Gasteiger partial charge in [0.05, 0.1) is 22.0 Å². The summed E-state index contributed by atoms with van der Waals surface area (Å²) in [7, 11) is 0. The van der Waals surface area contributed by atoms with E-state index < -0.39 is 0 Å². The Morgan fingerprint density at radius 1 is 1.08 bits per heavy atom. The summed E-state index contributed by atoms with van der Waals surface area (Å²) in [5.74, 6) is -0.388. The molecule has 3 aromatic rings. The fourth-order valence-electron chi connectivity index (χ4n) is 2.01. The molecular weight excluding hydrogens is 347 g/mol. The Bertz CT molecular complexity index is 891. The second-order valence-corrected chi connectivity index (χ2v) is 5.72. The maximum absolute atomic E-state index is 12.1. The van der Waals surface area contributed by atoms with Crippen LogP contribution in [0.2, 0.25) is 10.0 Å². The van der Waals surface area contributed by atoms with E-state index in [1.165, 1.54) is 6.21 Å². The molecule has 0 fully saturated rings. The molecule has 0 atom stereocenters. The highest BCUT2D eigenvalue weighted by molar-refractivity contribution is 6.42. The molecule has 2 N–H and O–H groups in total. The normalized spacial score (nSPS) is 10.9. The van der Waals surface area contributed by atoms with Gasteiger partial charge in [0, 0.05) is 5.56 Å². The molecule has 24 heavy (non-hydrogen) atoms. The van der Waals surface area contributed by atoms with Crippen LogP contribution < -0.4 is 5.43 Å². The highest BCUT2D eigenvalue weighted by atomic mass is 35.5. The lowest BCUT2D eigenvalue weighted by Gasteiger charge is -1.98. The summed E-state index contributed by atoms with van der Waals surface area (Å²) in [6.45, 7) is 0. The van der Waals surface area contributed by atoms with Gasteiger partial charge in [-0.15, -0.1) is 0 Å². The lowest BCUT2D eigenvalue weighted by molar-refractivity contribution is 0.0950. The van der Waals surface area contributed by atoms with E-state index in [4.69, 9.17) is 23.2 Å². The van der Waals surface area contributed by atoms with Gasteiger partial charge in [0.25, 0.3) is 5.91 Å². The number of carbonyl (C=O) groups is 1. The molecule has 0 aliphatic heterocycles. The molecule has 1 heterocycles. The summed E-state index contributed by atoms with van der Waals surface area (Å²) in [5, 5.41) is 11.6. The molecule has 1 amide bonds. The van der Waals surface area contributed by atoms with Gasteiger partial charge in [-0.1, -0.05) is 59.6 Å². The smallest absolute Gasteiger partial charge is 0.272 e. The van der Waals surface area contributed by atoms with E-state index in [2.05, 4.69) is 20.7 Å². The number of rotatable bonds is 4. The minimum atomic E-state index is -0.388. The van der Waals surface area contributed by atoms with Gasteiger partial charge in [-0.05, 0) is 23.8 Å². The van der Waals surface area contributed by atoms with E-state index >= 15 is 0 Å². The van der Waals surface area contributed by atoms with Crippen LogP contribution in [-0.4, -0.2) is 22.3 Å². The molecule has 2 aromatic carbocycles. The molecule has 5 nitrogen and oxygen atoms in total. The number of aromatic nitrogens is 2. The number of carbonyl (C=O) groups excluding carboxylic acids is 1. The molecule has 0 unspecified atom stereocenters. The van der Waals surface area contributed by atoms with Gasteiger partial charge < -0.3 is 0 Å². The largest absolute Gasteiger partial charge is 0.289 e. The Kier molecular flexibility index (Phi) is 4.93. The molecule has 0 aliphatic carbocycles. The molecule has 1 aromatic heterocycles. The number of halogens is 2. The van der Waals surface area contributed by atoms with Crippen molar-refractivity contribution < 1.29 is 4.79 Å². The number of hydrogen-bond acceptors (Lipinski definition) is 3. The molecule has 0 bridgehead atoms. The predicted octanol–water partition coefficient (Wildman–Crippen LogP) is 4.15. The Morgan fingerprint density at radius 3 is 2.62 bits per heavy atom. The third kappa shape index (κ3) is 3.82. The van der Waals surface area contributed by atoms with Gasteiger partial charge in [0.2, 0.25) is 0 Å². The van der Waals surface area contributed by atoms with E-state index in [1.54, 1.807) is 24.3 Å². The van der Waals surface area contributed by atoms with Crippen LogP contribution in [0.5, 0.6) is 0 Å². The van der Waals surface area contributed by atoms with E-state index in [-0.39, 0.29) is 5.91 Å². The number of hydrogen-bond donors (Lipinski definition) is 2. The monoisotopic (exact) mass is 358 g/mol. The van der Waals surface area contributed by atoms with Crippen molar-refractivity contribution in [3.63, 3.8) is 0 Å². The molecule has 120 valence electrons. The quantitative estimate of drug-likeness (QED) is 0.543. The summed E-state index contributed by atoms with van der Waals surface area (Å²) in [6, 6.07) is 16.3. The van der Waals surface area contributed by atoms with E-state index in [0.717, 1.165) is 11.1 Å². The van der Waals surface area contributed by atoms with E-state index in [9.17, 15) is 4.79 Å². The highest BCUT2D eigenvalue weighted by Crippen LogP contribution is 2.21. The standard InChI is InChI=1S/C17H12Cl2N4O/c18-13-7-6-11(8-14(13)19)10-20-23-17(24)16-9-15(21-22-16)12-4-2-1-3-5-12/h1-10H,(H,21,22)(H,23,24)/b20-10+. The van der Waals surface area contributed by atoms with Crippen LogP contribution >= 0.6 is 23.2 Å². The number of nitrogens with zero attached hydrogens (tertiary/aromatic N) is 2. The van der Waals surface area contributed by atoms with E-state index in [0.29, 0.717) is 21.4 Å². The molecule has 0 saturated heterocycles. The van der Waals surface area contributed by atoms with Crippen LogP contribution in [0.3, 0.4) is 0 Å². The van der Waals surface area contributed by atoms with Crippen LogP contribution in [0.15, 0.2) is 59.7 Å². The van der Waals surface area contributed by atoms with Crippen molar-refractivity contribution in [1.82, 2.24) is 15.6 Å². The van der Waals surface area contributed by atoms with Crippen molar-refractivity contribution in [3.8, 4) is 11.3 Å². The van der Waals surface area contributed by atoms with Crippen molar-refractivity contribution in [3.05, 3.63) is 75.9 Å². The van der Waals surface area contributed by atoms with Crippen molar-refractivity contribution in [2.45, 2.75) is 0 Å². The average molecular weight is 359 g/mol. The maximum Gasteiger partial charge on any atom is 0.289 e. The Labute approximate surface area is 148 Å². The number of benzene rings is 2. The third-order valence-electron chi connectivity index (χ3n) is 3.22. The lowest BCUT2D eigenvalue weighted by atomic mass is 10.1. The zero-order chi connectivity index (χ0) is 16.9. The highest BCUT2D eigenvalue weighted by Gasteiger charge is 2.10.